The van der Waals surface area contributed by atoms with Gasteiger partial charge in [0.1, 0.15) is 0 Å². The van der Waals surface area contributed by atoms with Gasteiger partial charge in [-0.15, -0.1) is 11.3 Å². The van der Waals surface area contributed by atoms with Crippen molar-refractivity contribution in [3.05, 3.63) is 95.3 Å². The number of hydrogen-bond donors (Lipinski definition) is 0. The van der Waals surface area contributed by atoms with Crippen molar-refractivity contribution in [3.63, 3.8) is 0 Å². The second kappa shape index (κ2) is 8.14. The summed E-state index contributed by atoms with van der Waals surface area (Å²) in [6, 6.07) is 13.1. The van der Waals surface area contributed by atoms with Crippen LogP contribution in [0.5, 0.6) is 0 Å². The molecule has 0 unspecified atom stereocenters. The van der Waals surface area contributed by atoms with Crippen molar-refractivity contribution in [3.8, 4) is 0 Å². The Bertz CT molecular complexity index is 1280. The van der Waals surface area contributed by atoms with E-state index in [1.807, 2.05) is 66.1 Å². The maximum absolute atomic E-state index is 13.2. The highest BCUT2D eigenvalue weighted by molar-refractivity contribution is 7.11. The lowest BCUT2D eigenvalue weighted by molar-refractivity contribution is -0.136. The number of esters is 1. The Hall–Kier alpha value is -3.03. The number of benzene rings is 1. The zero-order valence-corrected chi connectivity index (χ0v) is 17.5. The molecule has 0 amide bonds. The van der Waals surface area contributed by atoms with E-state index in [2.05, 4.69) is 4.99 Å². The Morgan fingerprint density at radius 3 is 2.69 bits per heavy atom. The zero-order chi connectivity index (χ0) is 20.4. The van der Waals surface area contributed by atoms with Crippen LogP contribution in [0.25, 0.3) is 12.2 Å². The fraction of sp³-hybridized carbons (Fsp3) is 0.136. The second-order valence-corrected chi connectivity index (χ2v) is 8.39. The van der Waals surface area contributed by atoms with Gasteiger partial charge in [0, 0.05) is 4.88 Å². The molecule has 0 N–H and O–H groups in total. The Morgan fingerprint density at radius 1 is 1.21 bits per heavy atom. The number of carbonyl (C=O) groups excluding carboxylic acids is 1. The molecule has 1 aliphatic rings. The van der Waals surface area contributed by atoms with Gasteiger partial charge >= 0.3 is 5.97 Å². The predicted octanol–water partition coefficient (Wildman–Crippen LogP) is 3.13. The summed E-state index contributed by atoms with van der Waals surface area (Å²) in [7, 11) is 1.34. The highest BCUT2D eigenvalue weighted by atomic mass is 32.1. The highest BCUT2D eigenvalue weighted by Crippen LogP contribution is 2.26. The van der Waals surface area contributed by atoms with Crippen molar-refractivity contribution in [2.24, 2.45) is 4.99 Å². The van der Waals surface area contributed by atoms with Gasteiger partial charge in [0.25, 0.3) is 5.56 Å². The highest BCUT2D eigenvalue weighted by Gasteiger charge is 2.29. The smallest absolute Gasteiger partial charge is 0.338 e. The lowest BCUT2D eigenvalue weighted by Crippen LogP contribution is -2.38. The number of allylic oxidation sites excluding steroid dienone is 2. The topological polar surface area (TPSA) is 60.7 Å². The molecule has 0 aliphatic carbocycles. The standard InChI is InChI=1S/C22H18N2O3S2/c1-14-19(21(26)27-2)17(11-10-15-7-4-3-5-8-15)24-20(25)18(29-22(24)23-14)13-16-9-6-12-28-16/h3-13,17H,1-2H3/b11-10+,18-13?/t17-/m1/s1. The van der Waals surface area contributed by atoms with E-state index in [1.165, 1.54) is 18.4 Å². The molecule has 3 heterocycles. The van der Waals surface area contributed by atoms with E-state index in [0.717, 1.165) is 10.4 Å². The molecule has 1 aliphatic heterocycles. The first-order valence-corrected chi connectivity index (χ1v) is 10.7. The fourth-order valence-electron chi connectivity index (χ4n) is 3.19. The van der Waals surface area contributed by atoms with Crippen LogP contribution >= 0.6 is 22.7 Å². The van der Waals surface area contributed by atoms with E-state index in [1.54, 1.807) is 22.8 Å². The van der Waals surface area contributed by atoms with Crippen molar-refractivity contribution in [1.82, 2.24) is 4.57 Å². The molecule has 0 fully saturated rings. The lowest BCUT2D eigenvalue weighted by Gasteiger charge is -2.21. The number of ether oxygens (including phenoxy) is 1. The number of methoxy groups -OCH3 is 1. The lowest BCUT2D eigenvalue weighted by atomic mass is 10.0. The number of rotatable bonds is 4. The largest absolute Gasteiger partial charge is 0.466 e. The molecular formula is C22H18N2O3S2. The normalized spacial score (nSPS) is 16.8. The first kappa shape index (κ1) is 19.3. The molecule has 0 saturated carbocycles. The summed E-state index contributed by atoms with van der Waals surface area (Å²) in [4.78, 5) is 31.8. The van der Waals surface area contributed by atoms with Crippen LogP contribution in [0, 0.1) is 0 Å². The number of fused-ring (bicyclic) bond motifs is 1. The summed E-state index contributed by atoms with van der Waals surface area (Å²) in [5.41, 5.74) is 1.74. The molecule has 0 saturated heterocycles. The van der Waals surface area contributed by atoms with Crippen LogP contribution in [-0.4, -0.2) is 17.6 Å². The number of carbonyl (C=O) groups is 1. The van der Waals surface area contributed by atoms with Crippen LogP contribution in [0.2, 0.25) is 0 Å². The number of nitrogens with zero attached hydrogens (tertiary/aromatic N) is 2. The summed E-state index contributed by atoms with van der Waals surface area (Å²) >= 11 is 2.89. The van der Waals surface area contributed by atoms with Crippen LogP contribution in [0.1, 0.15) is 23.4 Å². The maximum atomic E-state index is 13.2. The number of hydrogen-bond acceptors (Lipinski definition) is 6. The summed E-state index contributed by atoms with van der Waals surface area (Å²) < 4.78 is 7.14. The van der Waals surface area contributed by atoms with Gasteiger partial charge in [0.05, 0.1) is 29.0 Å². The fourth-order valence-corrected chi connectivity index (χ4v) is 4.96. The number of thiophene rings is 1. The zero-order valence-electron chi connectivity index (χ0n) is 15.9. The van der Waals surface area contributed by atoms with Gasteiger partial charge in [-0.3, -0.25) is 9.36 Å². The molecule has 0 radical (unpaired) electrons. The summed E-state index contributed by atoms with van der Waals surface area (Å²) in [6.07, 6.45) is 5.62. The van der Waals surface area contributed by atoms with Crippen molar-refractivity contribution >= 4 is 40.8 Å². The third kappa shape index (κ3) is 3.79. The molecule has 0 bridgehead atoms. The average molecular weight is 423 g/mol. The molecule has 4 rings (SSSR count). The Labute approximate surface area is 175 Å². The van der Waals surface area contributed by atoms with E-state index in [4.69, 9.17) is 4.74 Å². The molecule has 7 heteroatoms. The Morgan fingerprint density at radius 2 is 2.00 bits per heavy atom. The van der Waals surface area contributed by atoms with Gasteiger partial charge in [0.15, 0.2) is 4.80 Å². The molecule has 3 aromatic rings. The van der Waals surface area contributed by atoms with E-state index in [-0.39, 0.29) is 5.56 Å². The van der Waals surface area contributed by atoms with Gasteiger partial charge in [-0.1, -0.05) is 59.9 Å². The summed E-state index contributed by atoms with van der Waals surface area (Å²) in [6.45, 7) is 1.77. The number of aromatic nitrogens is 1. The van der Waals surface area contributed by atoms with Gasteiger partial charge in [-0.2, -0.15) is 0 Å². The first-order chi connectivity index (χ1) is 14.1. The van der Waals surface area contributed by atoms with Crippen molar-refractivity contribution in [2.75, 3.05) is 7.11 Å². The summed E-state index contributed by atoms with van der Waals surface area (Å²) in [5, 5.41) is 1.97. The minimum absolute atomic E-state index is 0.168. The van der Waals surface area contributed by atoms with Crippen LogP contribution in [-0.2, 0) is 9.53 Å². The quantitative estimate of drug-likeness (QED) is 0.607. The molecule has 146 valence electrons. The van der Waals surface area contributed by atoms with Crippen LogP contribution in [0.15, 0.2) is 75.0 Å². The molecule has 1 aromatic carbocycles. The minimum atomic E-state index is -0.579. The Balaban J connectivity index is 1.89. The first-order valence-electron chi connectivity index (χ1n) is 8.96. The Kier molecular flexibility index (Phi) is 5.42. The third-order valence-electron chi connectivity index (χ3n) is 4.56. The average Bonchev–Trinajstić information content (AvgIpc) is 3.34. The predicted molar refractivity (Wildman–Crippen MR) is 116 cm³/mol. The van der Waals surface area contributed by atoms with Gasteiger partial charge < -0.3 is 4.74 Å². The van der Waals surface area contributed by atoms with Crippen LogP contribution in [0.4, 0.5) is 0 Å². The van der Waals surface area contributed by atoms with E-state index >= 15 is 0 Å². The molecule has 5 nitrogen and oxygen atoms in total. The van der Waals surface area contributed by atoms with Gasteiger partial charge in [-0.25, -0.2) is 9.79 Å². The molecule has 2 aromatic heterocycles. The third-order valence-corrected chi connectivity index (χ3v) is 6.36. The number of thiazole rings is 1. The minimum Gasteiger partial charge on any atom is -0.466 e. The maximum Gasteiger partial charge on any atom is 0.338 e. The summed E-state index contributed by atoms with van der Waals surface area (Å²) in [5.74, 6) is -0.485. The molecular weight excluding hydrogens is 404 g/mol. The van der Waals surface area contributed by atoms with Crippen LogP contribution < -0.4 is 14.9 Å². The van der Waals surface area contributed by atoms with E-state index in [9.17, 15) is 9.59 Å². The SMILES string of the molecule is COC(=O)C1=C(C)N=c2sc(=Cc3cccs3)c(=O)n2[C@@H]1/C=C/c1ccccc1. The van der Waals surface area contributed by atoms with Crippen LogP contribution in [0.3, 0.4) is 0 Å². The second-order valence-electron chi connectivity index (χ2n) is 6.40. The van der Waals surface area contributed by atoms with Crippen molar-refractivity contribution in [2.45, 2.75) is 13.0 Å². The molecule has 29 heavy (non-hydrogen) atoms. The van der Waals surface area contributed by atoms with Crippen molar-refractivity contribution < 1.29 is 9.53 Å². The molecule has 0 spiro atoms. The van der Waals surface area contributed by atoms with E-state index in [0.29, 0.717) is 20.6 Å². The molecule has 1 atom stereocenters. The van der Waals surface area contributed by atoms with Crippen molar-refractivity contribution in [1.29, 1.82) is 0 Å². The van der Waals surface area contributed by atoms with Gasteiger partial charge in [0.2, 0.25) is 0 Å². The van der Waals surface area contributed by atoms with Gasteiger partial charge in [-0.05, 0) is 30.0 Å². The van der Waals surface area contributed by atoms with E-state index < -0.39 is 12.0 Å². The monoisotopic (exact) mass is 422 g/mol.